The lowest BCUT2D eigenvalue weighted by Crippen LogP contribution is -2.41. The Morgan fingerprint density at radius 3 is 2.66 bits per heavy atom. The minimum Gasteiger partial charge on any atom is -0.467 e. The van der Waals surface area contributed by atoms with Gasteiger partial charge in [0, 0.05) is 6.04 Å². The quantitative estimate of drug-likeness (QED) is 0.479. The molecule has 0 aliphatic carbocycles. The first-order valence-corrected chi connectivity index (χ1v) is 12.2. The fourth-order valence-electron chi connectivity index (χ4n) is 3.80. The van der Waals surface area contributed by atoms with Crippen LogP contribution in [0.3, 0.4) is 0 Å². The number of imide groups is 1. The van der Waals surface area contributed by atoms with Crippen LogP contribution in [0.4, 0.5) is 10.5 Å². The van der Waals surface area contributed by atoms with Gasteiger partial charge in [-0.05, 0) is 55.3 Å². The van der Waals surface area contributed by atoms with Gasteiger partial charge in [-0.1, -0.05) is 24.3 Å². The van der Waals surface area contributed by atoms with E-state index in [-0.39, 0.29) is 23.0 Å². The van der Waals surface area contributed by atoms with Gasteiger partial charge in [-0.3, -0.25) is 14.4 Å². The number of esters is 1. The van der Waals surface area contributed by atoms with Crippen molar-refractivity contribution in [1.82, 2.24) is 10.6 Å². The number of carbonyl (C=O) groups is 3. The minimum absolute atomic E-state index is 0.0405. The van der Waals surface area contributed by atoms with Crippen LogP contribution in [0.2, 0.25) is 0 Å². The summed E-state index contributed by atoms with van der Waals surface area (Å²) in [6, 6.07) is 14.9. The number of nitrogens with one attached hydrogen (secondary N) is 2. The molecule has 1 aliphatic heterocycles. The highest BCUT2D eigenvalue weighted by molar-refractivity contribution is 7.92. The number of urea groups is 1. The fraction of sp³-hybridized carbons (Fsp3) is 0.208. The number of hydrogen-bond donors (Lipinski definition) is 2. The Hall–Kier alpha value is -4.12. The molecule has 11 heteroatoms. The van der Waals surface area contributed by atoms with Crippen molar-refractivity contribution in [2.75, 3.05) is 10.9 Å². The molecule has 35 heavy (non-hydrogen) atoms. The number of benzene rings is 2. The van der Waals surface area contributed by atoms with Gasteiger partial charge < -0.3 is 14.5 Å². The number of nitrogens with zero attached hydrogens (tertiary/aromatic N) is 1. The molecule has 3 aromatic rings. The molecule has 1 aliphatic rings. The van der Waals surface area contributed by atoms with Crippen LogP contribution in [0.1, 0.15) is 28.6 Å². The van der Waals surface area contributed by atoms with Crippen LogP contribution in [0.25, 0.3) is 0 Å². The lowest BCUT2D eigenvalue weighted by molar-refractivity contribution is -0.123. The number of para-hydroxylation sites is 1. The van der Waals surface area contributed by atoms with Gasteiger partial charge in [-0.25, -0.2) is 18.0 Å². The van der Waals surface area contributed by atoms with E-state index < -0.39 is 34.5 Å². The van der Waals surface area contributed by atoms with E-state index >= 15 is 0 Å². The number of carbonyl (C=O) groups excluding carboxylic acids is 3. The number of anilines is 1. The Bertz CT molecular complexity index is 1350. The SMILES string of the molecule is C[C@H]1Cc2ccccc2N1S(=O)(=O)c1cccc(C(=O)OCC(=O)NC(=O)NCc2ccco2)c1. The molecule has 10 nitrogen and oxygen atoms in total. The molecule has 1 aromatic heterocycles. The maximum absolute atomic E-state index is 13.4. The first-order valence-electron chi connectivity index (χ1n) is 10.8. The van der Waals surface area contributed by atoms with Gasteiger partial charge in [-0.2, -0.15) is 0 Å². The molecule has 0 bridgehead atoms. The highest BCUT2D eigenvalue weighted by Gasteiger charge is 2.36. The zero-order valence-corrected chi connectivity index (χ0v) is 19.6. The second-order valence-electron chi connectivity index (χ2n) is 7.90. The van der Waals surface area contributed by atoms with Gasteiger partial charge in [0.25, 0.3) is 15.9 Å². The van der Waals surface area contributed by atoms with Crippen molar-refractivity contribution in [2.24, 2.45) is 0 Å². The van der Waals surface area contributed by atoms with E-state index in [1.807, 2.05) is 24.4 Å². The number of ether oxygens (including phenoxy) is 1. The standard InChI is InChI=1S/C24H23N3O7S/c1-16-12-17-6-2-3-10-21(17)27(16)35(31,32)20-9-4-7-18(13-20)23(29)34-15-22(28)26-24(30)25-14-19-8-5-11-33-19/h2-11,13,16H,12,14-15H2,1H3,(H2,25,26,28,30)/t16-/m0/s1. The molecule has 1 atom stereocenters. The molecule has 3 amide bonds. The van der Waals surface area contributed by atoms with E-state index in [4.69, 9.17) is 9.15 Å². The number of fused-ring (bicyclic) bond motifs is 1. The molecule has 0 saturated carbocycles. The van der Waals surface area contributed by atoms with Crippen LogP contribution >= 0.6 is 0 Å². The van der Waals surface area contributed by atoms with E-state index in [1.54, 1.807) is 24.3 Å². The van der Waals surface area contributed by atoms with Crippen LogP contribution in [-0.2, 0) is 32.5 Å². The highest BCUT2D eigenvalue weighted by atomic mass is 32.2. The molecule has 2 aromatic carbocycles. The second kappa shape index (κ2) is 10.0. The van der Waals surface area contributed by atoms with E-state index in [0.29, 0.717) is 17.9 Å². The monoisotopic (exact) mass is 497 g/mol. The van der Waals surface area contributed by atoms with Gasteiger partial charge >= 0.3 is 12.0 Å². The summed E-state index contributed by atoms with van der Waals surface area (Å²) in [6.45, 7) is 1.17. The number of furan rings is 1. The number of hydrogen-bond acceptors (Lipinski definition) is 7. The summed E-state index contributed by atoms with van der Waals surface area (Å²) in [5.74, 6) is -1.25. The zero-order chi connectivity index (χ0) is 25.0. The molecule has 0 saturated heterocycles. The van der Waals surface area contributed by atoms with E-state index in [2.05, 4.69) is 5.32 Å². The zero-order valence-electron chi connectivity index (χ0n) is 18.8. The van der Waals surface area contributed by atoms with Crippen LogP contribution in [0.15, 0.2) is 76.2 Å². The molecule has 182 valence electrons. The summed E-state index contributed by atoms with van der Waals surface area (Å²) < 4.78 is 38.1. The van der Waals surface area contributed by atoms with Gasteiger partial charge in [-0.15, -0.1) is 0 Å². The second-order valence-corrected chi connectivity index (χ2v) is 9.71. The Labute approximate surface area is 201 Å². The normalized spacial score (nSPS) is 14.8. The predicted molar refractivity (Wildman–Crippen MR) is 125 cm³/mol. The minimum atomic E-state index is -3.94. The molecule has 0 fully saturated rings. The first-order chi connectivity index (χ1) is 16.8. The van der Waals surface area contributed by atoms with Crippen LogP contribution in [-0.4, -0.2) is 39.0 Å². The van der Waals surface area contributed by atoms with Crippen molar-refractivity contribution >= 4 is 33.6 Å². The van der Waals surface area contributed by atoms with Crippen LogP contribution in [0, 0.1) is 0 Å². The Kier molecular flexibility index (Phi) is 6.87. The van der Waals surface area contributed by atoms with Crippen molar-refractivity contribution in [3.63, 3.8) is 0 Å². The highest BCUT2D eigenvalue weighted by Crippen LogP contribution is 2.36. The molecule has 0 radical (unpaired) electrons. The topological polar surface area (TPSA) is 135 Å². The summed E-state index contributed by atoms with van der Waals surface area (Å²) in [7, 11) is -3.94. The summed E-state index contributed by atoms with van der Waals surface area (Å²) in [4.78, 5) is 36.1. The molecule has 4 rings (SSSR count). The number of amides is 3. The van der Waals surface area contributed by atoms with Gasteiger partial charge in [0.05, 0.1) is 29.0 Å². The maximum Gasteiger partial charge on any atom is 0.338 e. The van der Waals surface area contributed by atoms with Crippen molar-refractivity contribution in [3.05, 3.63) is 83.8 Å². The molecule has 2 N–H and O–H groups in total. The summed E-state index contributed by atoms with van der Waals surface area (Å²) in [6.07, 6.45) is 2.03. The Morgan fingerprint density at radius 2 is 1.89 bits per heavy atom. The molecule has 2 heterocycles. The maximum atomic E-state index is 13.4. The average Bonchev–Trinajstić information content (AvgIpc) is 3.48. The third-order valence-electron chi connectivity index (χ3n) is 5.36. The Balaban J connectivity index is 1.37. The van der Waals surface area contributed by atoms with Gasteiger partial charge in [0.1, 0.15) is 5.76 Å². The number of sulfonamides is 1. The van der Waals surface area contributed by atoms with Gasteiger partial charge in [0.15, 0.2) is 6.61 Å². The lowest BCUT2D eigenvalue weighted by Gasteiger charge is -2.24. The third-order valence-corrected chi connectivity index (χ3v) is 7.29. The molecular formula is C24H23N3O7S. The van der Waals surface area contributed by atoms with Crippen molar-refractivity contribution in [2.45, 2.75) is 30.8 Å². The van der Waals surface area contributed by atoms with Crippen LogP contribution < -0.4 is 14.9 Å². The van der Waals surface area contributed by atoms with Crippen LogP contribution in [0.5, 0.6) is 0 Å². The van der Waals surface area contributed by atoms with Crippen molar-refractivity contribution in [3.8, 4) is 0 Å². The first kappa shape index (κ1) is 24.0. The average molecular weight is 498 g/mol. The summed E-state index contributed by atoms with van der Waals surface area (Å²) in [5, 5.41) is 4.45. The van der Waals surface area contributed by atoms with Crippen molar-refractivity contribution < 1.29 is 32.0 Å². The molecule has 0 unspecified atom stereocenters. The summed E-state index contributed by atoms with van der Waals surface area (Å²) >= 11 is 0. The smallest absolute Gasteiger partial charge is 0.338 e. The predicted octanol–water partition coefficient (Wildman–Crippen LogP) is 2.60. The third kappa shape index (κ3) is 5.35. The molecule has 0 spiro atoms. The lowest BCUT2D eigenvalue weighted by atomic mass is 10.1. The fourth-order valence-corrected chi connectivity index (χ4v) is 5.54. The summed E-state index contributed by atoms with van der Waals surface area (Å²) in [5.41, 5.74) is 1.50. The van der Waals surface area contributed by atoms with E-state index in [1.165, 1.54) is 34.8 Å². The van der Waals surface area contributed by atoms with E-state index in [0.717, 1.165) is 5.56 Å². The largest absolute Gasteiger partial charge is 0.467 e. The van der Waals surface area contributed by atoms with E-state index in [9.17, 15) is 22.8 Å². The van der Waals surface area contributed by atoms with Crippen molar-refractivity contribution in [1.29, 1.82) is 0 Å². The Morgan fingerprint density at radius 1 is 1.09 bits per heavy atom. The number of rotatable bonds is 7. The molecular weight excluding hydrogens is 474 g/mol. The van der Waals surface area contributed by atoms with Gasteiger partial charge in [0.2, 0.25) is 0 Å².